The Balaban J connectivity index is 2.55. The minimum Gasteiger partial charge on any atom is -0.405 e. The number of hydrogen-bond acceptors (Lipinski definition) is 3. The molecule has 0 fully saturated rings. The molecule has 12 heavy (non-hydrogen) atoms. The Morgan fingerprint density at radius 3 is 3.00 bits per heavy atom. The van der Waals surface area contributed by atoms with Crippen LogP contribution in [0.4, 0.5) is 0 Å². The molecule has 1 atom stereocenters. The predicted octanol–water partition coefficient (Wildman–Crippen LogP) is 0.937. The van der Waals surface area contributed by atoms with Gasteiger partial charge in [-0.3, -0.25) is 0 Å². The number of aromatic amines is 1. The third-order valence-corrected chi connectivity index (χ3v) is 1.52. The van der Waals surface area contributed by atoms with Gasteiger partial charge in [0.2, 0.25) is 0 Å². The van der Waals surface area contributed by atoms with E-state index in [1.54, 1.807) is 12.3 Å². The van der Waals surface area contributed by atoms with Crippen LogP contribution in [0.3, 0.4) is 0 Å². The molecule has 1 aromatic heterocycles. The Bertz CT molecular complexity index is 261. The van der Waals surface area contributed by atoms with E-state index in [4.69, 9.17) is 5.73 Å². The molecule has 1 heterocycles. The van der Waals surface area contributed by atoms with Gasteiger partial charge in [0.25, 0.3) is 0 Å². The lowest BCUT2D eigenvalue weighted by molar-refractivity contribution is 0.862. The number of H-pyrrole nitrogens is 1. The first-order valence-electron chi connectivity index (χ1n) is 3.75. The summed E-state index contributed by atoms with van der Waals surface area (Å²) in [4.78, 5) is 0. The van der Waals surface area contributed by atoms with Crippen molar-refractivity contribution in [1.82, 2.24) is 15.4 Å². The van der Waals surface area contributed by atoms with Gasteiger partial charge in [0.1, 0.15) is 0 Å². The second-order valence-electron chi connectivity index (χ2n) is 2.45. The van der Waals surface area contributed by atoms with Crippen LogP contribution in [-0.2, 0) is 0 Å². The summed E-state index contributed by atoms with van der Waals surface area (Å²) in [7, 11) is 0. The van der Waals surface area contributed by atoms with Gasteiger partial charge in [0.15, 0.2) is 0 Å². The first-order valence-corrected chi connectivity index (χ1v) is 3.75. The molecule has 0 aliphatic heterocycles. The van der Waals surface area contributed by atoms with Crippen molar-refractivity contribution < 1.29 is 0 Å². The Labute approximate surface area is 71.2 Å². The zero-order valence-corrected chi connectivity index (χ0v) is 6.94. The van der Waals surface area contributed by atoms with Gasteiger partial charge >= 0.3 is 0 Å². The van der Waals surface area contributed by atoms with Crippen LogP contribution in [-0.4, -0.2) is 15.4 Å². The van der Waals surface area contributed by atoms with Gasteiger partial charge in [-0.05, 0) is 12.3 Å². The molecule has 0 saturated carbocycles. The molecule has 0 bridgehead atoms. The molecule has 4 heteroatoms. The normalized spacial score (nSPS) is 14.4. The second kappa shape index (κ2) is 4.33. The van der Waals surface area contributed by atoms with Crippen LogP contribution in [0.5, 0.6) is 0 Å². The first kappa shape index (κ1) is 8.52. The highest BCUT2D eigenvalue weighted by Crippen LogP contribution is 2.11. The van der Waals surface area contributed by atoms with E-state index in [2.05, 4.69) is 15.4 Å². The quantitative estimate of drug-likeness (QED) is 0.653. The maximum absolute atomic E-state index is 5.17. The zero-order valence-electron chi connectivity index (χ0n) is 6.94. The van der Waals surface area contributed by atoms with Crippen LogP contribution in [0.2, 0.25) is 0 Å². The standard InChI is InChI=1S/C8H12N4/c1-7(4-2-3-5-9)8-6-10-12-11-8/h2-7H,9H2,1H3,(H,10,11,12)/b4-2?,5-3-. The third kappa shape index (κ3) is 2.23. The number of nitrogens with two attached hydrogens (primary N) is 1. The van der Waals surface area contributed by atoms with Gasteiger partial charge in [-0.25, -0.2) is 0 Å². The average molecular weight is 164 g/mol. The number of nitrogens with zero attached hydrogens (tertiary/aromatic N) is 2. The van der Waals surface area contributed by atoms with Crippen molar-refractivity contribution >= 4 is 0 Å². The van der Waals surface area contributed by atoms with E-state index >= 15 is 0 Å². The highest BCUT2D eigenvalue weighted by molar-refractivity contribution is 5.12. The molecule has 1 aromatic rings. The van der Waals surface area contributed by atoms with Gasteiger partial charge in [-0.15, -0.1) is 0 Å². The highest BCUT2D eigenvalue weighted by Gasteiger charge is 2.02. The minimum atomic E-state index is 0.264. The van der Waals surface area contributed by atoms with Crippen molar-refractivity contribution in [1.29, 1.82) is 0 Å². The Morgan fingerprint density at radius 2 is 2.42 bits per heavy atom. The molecule has 0 aromatic carbocycles. The molecule has 1 unspecified atom stereocenters. The van der Waals surface area contributed by atoms with Gasteiger partial charge in [-0.2, -0.15) is 15.4 Å². The molecule has 0 spiro atoms. The maximum atomic E-state index is 5.17. The minimum absolute atomic E-state index is 0.264. The van der Waals surface area contributed by atoms with E-state index in [9.17, 15) is 0 Å². The van der Waals surface area contributed by atoms with Crippen molar-refractivity contribution in [3.63, 3.8) is 0 Å². The molecule has 1 rings (SSSR count). The predicted molar refractivity (Wildman–Crippen MR) is 47.3 cm³/mol. The average Bonchev–Trinajstić information content (AvgIpc) is 2.56. The Hall–Kier alpha value is -1.58. The van der Waals surface area contributed by atoms with E-state index in [1.807, 2.05) is 19.1 Å². The summed E-state index contributed by atoms with van der Waals surface area (Å²) >= 11 is 0. The lowest BCUT2D eigenvalue weighted by atomic mass is 10.1. The molecule has 0 aliphatic carbocycles. The molecule has 4 nitrogen and oxygen atoms in total. The summed E-state index contributed by atoms with van der Waals surface area (Å²) in [6.07, 6.45) is 8.87. The fourth-order valence-electron chi connectivity index (χ4n) is 0.823. The van der Waals surface area contributed by atoms with Gasteiger partial charge in [-0.1, -0.05) is 19.1 Å². The van der Waals surface area contributed by atoms with E-state index < -0.39 is 0 Å². The number of aromatic nitrogens is 3. The lowest BCUT2D eigenvalue weighted by Crippen LogP contribution is -1.88. The summed E-state index contributed by atoms with van der Waals surface area (Å²) in [5.74, 6) is 0.264. The monoisotopic (exact) mass is 164 g/mol. The molecule has 0 saturated heterocycles. The molecular weight excluding hydrogens is 152 g/mol. The summed E-state index contributed by atoms with van der Waals surface area (Å²) in [6, 6.07) is 0. The smallest absolute Gasteiger partial charge is 0.0890 e. The first-order chi connectivity index (χ1) is 5.84. The third-order valence-electron chi connectivity index (χ3n) is 1.52. The molecule has 0 radical (unpaired) electrons. The largest absolute Gasteiger partial charge is 0.405 e. The second-order valence-corrected chi connectivity index (χ2v) is 2.45. The molecule has 3 N–H and O–H groups in total. The van der Waals surface area contributed by atoms with Crippen LogP contribution < -0.4 is 5.73 Å². The van der Waals surface area contributed by atoms with Crippen LogP contribution in [0.15, 0.2) is 30.6 Å². The summed E-state index contributed by atoms with van der Waals surface area (Å²) in [5, 5.41) is 10.2. The van der Waals surface area contributed by atoms with E-state index in [0.29, 0.717) is 0 Å². The fraction of sp³-hybridized carbons (Fsp3) is 0.250. The summed E-state index contributed by atoms with van der Waals surface area (Å²) in [6.45, 7) is 2.04. The van der Waals surface area contributed by atoms with Gasteiger partial charge in [0, 0.05) is 5.92 Å². The van der Waals surface area contributed by atoms with Crippen molar-refractivity contribution in [2.75, 3.05) is 0 Å². The van der Waals surface area contributed by atoms with E-state index in [-0.39, 0.29) is 5.92 Å². The number of hydrogen-bond donors (Lipinski definition) is 2. The highest BCUT2D eigenvalue weighted by atomic mass is 15.3. The number of rotatable bonds is 3. The molecule has 0 aliphatic rings. The van der Waals surface area contributed by atoms with Crippen molar-refractivity contribution in [2.24, 2.45) is 5.73 Å². The Morgan fingerprint density at radius 1 is 1.58 bits per heavy atom. The summed E-state index contributed by atoms with van der Waals surface area (Å²) in [5.41, 5.74) is 6.09. The topological polar surface area (TPSA) is 67.6 Å². The van der Waals surface area contributed by atoms with Crippen LogP contribution in [0.1, 0.15) is 18.5 Å². The van der Waals surface area contributed by atoms with Gasteiger partial charge in [0.05, 0.1) is 11.9 Å². The van der Waals surface area contributed by atoms with Crippen molar-refractivity contribution in [2.45, 2.75) is 12.8 Å². The Kier molecular flexibility index (Phi) is 3.07. The van der Waals surface area contributed by atoms with E-state index in [0.717, 1.165) is 5.69 Å². The fourth-order valence-corrected chi connectivity index (χ4v) is 0.823. The maximum Gasteiger partial charge on any atom is 0.0890 e. The van der Waals surface area contributed by atoms with Crippen molar-refractivity contribution in [3.8, 4) is 0 Å². The summed E-state index contributed by atoms with van der Waals surface area (Å²) < 4.78 is 0. The van der Waals surface area contributed by atoms with Crippen molar-refractivity contribution in [3.05, 3.63) is 36.3 Å². The van der Waals surface area contributed by atoms with Crippen LogP contribution in [0.25, 0.3) is 0 Å². The van der Waals surface area contributed by atoms with E-state index in [1.165, 1.54) is 6.20 Å². The lowest BCUT2D eigenvalue weighted by Gasteiger charge is -1.97. The number of nitrogens with one attached hydrogen (secondary N) is 1. The van der Waals surface area contributed by atoms with Gasteiger partial charge < -0.3 is 5.73 Å². The SMILES string of the molecule is CC(C=C/C=C\N)c1cn[nH]n1. The van der Waals surface area contributed by atoms with Crippen LogP contribution in [0, 0.1) is 0 Å². The molecular formula is C8H12N4. The molecule has 64 valence electrons. The number of allylic oxidation sites excluding steroid dienone is 3. The molecule has 0 amide bonds. The van der Waals surface area contributed by atoms with Crippen LogP contribution >= 0.6 is 0 Å². The zero-order chi connectivity index (χ0) is 8.81.